The Balaban J connectivity index is 0.783. The quantitative estimate of drug-likeness (QED) is 0.168. The van der Waals surface area contributed by atoms with Gasteiger partial charge < -0.3 is 35.2 Å². The lowest BCUT2D eigenvalue weighted by atomic mass is 9.35. The molecule has 20 nitrogen and oxygen atoms in total. The normalized spacial score (nSPS) is 27.8. The summed E-state index contributed by atoms with van der Waals surface area (Å²) in [5.41, 5.74) is 1.39. The number of ether oxygens (including phenoxy) is 1. The number of rotatable bonds is 16. The van der Waals surface area contributed by atoms with E-state index in [1.54, 1.807) is 31.9 Å². The Bertz CT molecular complexity index is 2140. The van der Waals surface area contributed by atoms with Crippen LogP contribution >= 0.6 is 0 Å². The zero-order valence-corrected chi connectivity index (χ0v) is 36.8. The van der Waals surface area contributed by atoms with Gasteiger partial charge in [0, 0.05) is 108 Å². The second-order valence-electron chi connectivity index (χ2n) is 19.2. The first-order valence-electron chi connectivity index (χ1n) is 22.7. The van der Waals surface area contributed by atoms with Gasteiger partial charge in [-0.3, -0.25) is 58.3 Å². The third-order valence-electron chi connectivity index (χ3n) is 14.3. The first kappa shape index (κ1) is 46.1. The Kier molecular flexibility index (Phi) is 13.9. The molecule has 4 heterocycles. The number of amides is 3. The maximum absolute atomic E-state index is 13.7. The van der Waals surface area contributed by atoms with E-state index >= 15 is 0 Å². The molecule has 350 valence electrons. The van der Waals surface area contributed by atoms with E-state index in [0.29, 0.717) is 107 Å². The molecule has 0 unspecified atom stereocenters. The number of hydrogen-bond acceptors (Lipinski definition) is 14. The smallest absolute Gasteiger partial charge is 0.317 e. The highest BCUT2D eigenvalue weighted by molar-refractivity contribution is 6.07. The third kappa shape index (κ3) is 11.2. The van der Waals surface area contributed by atoms with Crippen molar-refractivity contribution in [3.8, 4) is 11.8 Å². The van der Waals surface area contributed by atoms with Crippen LogP contribution < -0.4 is 10.1 Å². The zero-order valence-electron chi connectivity index (χ0n) is 36.8. The predicted molar refractivity (Wildman–Crippen MR) is 233 cm³/mol. The maximum atomic E-state index is 13.7. The number of aliphatic carboxylic acids is 3. The molecule has 2 bridgehead atoms. The van der Waals surface area contributed by atoms with Crippen molar-refractivity contribution in [3.05, 3.63) is 36.0 Å². The second kappa shape index (κ2) is 19.6. The number of carboxylic acid groups (broad SMARTS) is 3. The average molecular weight is 901 g/mol. The molecule has 65 heavy (non-hydrogen) atoms. The van der Waals surface area contributed by atoms with Crippen LogP contribution in [0, 0.1) is 28.1 Å². The Morgan fingerprint density at radius 1 is 0.708 bits per heavy atom. The molecule has 7 aliphatic rings. The van der Waals surface area contributed by atoms with Crippen molar-refractivity contribution in [1.29, 1.82) is 5.26 Å². The molecular formula is C45H60N10O10. The highest BCUT2D eigenvalue weighted by Gasteiger charge is 2.68. The van der Waals surface area contributed by atoms with E-state index in [2.05, 4.69) is 21.3 Å². The maximum Gasteiger partial charge on any atom is 0.317 e. The molecular weight excluding hydrogens is 841 g/mol. The minimum atomic E-state index is -1.01. The van der Waals surface area contributed by atoms with Crippen LogP contribution in [-0.2, 0) is 24.0 Å². The number of nitrogens with one attached hydrogen (secondary N) is 1. The van der Waals surface area contributed by atoms with E-state index in [4.69, 9.17) is 4.74 Å². The molecule has 3 amide bonds. The van der Waals surface area contributed by atoms with E-state index in [-0.39, 0.29) is 67.3 Å². The van der Waals surface area contributed by atoms with Crippen molar-refractivity contribution in [3.63, 3.8) is 0 Å². The van der Waals surface area contributed by atoms with Crippen LogP contribution in [0.1, 0.15) is 42.5 Å². The first-order valence-corrected chi connectivity index (χ1v) is 22.7. The van der Waals surface area contributed by atoms with Gasteiger partial charge >= 0.3 is 17.9 Å². The van der Waals surface area contributed by atoms with Crippen LogP contribution in [0.5, 0.6) is 5.75 Å². The monoisotopic (exact) mass is 900 g/mol. The van der Waals surface area contributed by atoms with Gasteiger partial charge in [0.1, 0.15) is 11.8 Å². The molecule has 4 N–H and O–H groups in total. The number of benzene rings is 1. The summed E-state index contributed by atoms with van der Waals surface area (Å²) in [4.78, 5) is 92.3. The van der Waals surface area contributed by atoms with Crippen molar-refractivity contribution in [2.24, 2.45) is 16.7 Å². The average Bonchev–Trinajstić information content (AvgIpc) is 3.91. The Labute approximate surface area is 377 Å². The molecule has 7 fully saturated rings. The summed E-state index contributed by atoms with van der Waals surface area (Å²) in [6, 6.07) is 9.08. The fourth-order valence-corrected chi connectivity index (χ4v) is 11.2. The van der Waals surface area contributed by atoms with Crippen molar-refractivity contribution in [1.82, 2.24) is 44.6 Å². The fourth-order valence-electron chi connectivity index (χ4n) is 11.2. The lowest BCUT2D eigenvalue weighted by Crippen LogP contribution is -2.68. The van der Waals surface area contributed by atoms with Crippen molar-refractivity contribution >= 4 is 46.5 Å². The molecule has 4 saturated carbocycles. The molecule has 20 heteroatoms. The van der Waals surface area contributed by atoms with Gasteiger partial charge in [-0.2, -0.15) is 5.26 Å². The van der Waals surface area contributed by atoms with Gasteiger partial charge in [0.15, 0.2) is 0 Å². The number of carboxylic acids is 3. The summed E-state index contributed by atoms with van der Waals surface area (Å²) >= 11 is 0. The topological polar surface area (TPSA) is 244 Å². The zero-order chi connectivity index (χ0) is 45.9. The van der Waals surface area contributed by atoms with Crippen LogP contribution in [0.4, 0.5) is 0 Å². The van der Waals surface area contributed by atoms with E-state index in [1.807, 2.05) is 28.0 Å². The van der Waals surface area contributed by atoms with Crippen LogP contribution in [0.2, 0.25) is 0 Å². The number of piperidine rings is 1. The molecule has 1 aromatic heterocycles. The number of carbonyl (C=O) groups is 6. The molecule has 3 saturated heterocycles. The number of hydrogen-bond donors (Lipinski definition) is 4. The summed E-state index contributed by atoms with van der Waals surface area (Å²) in [5, 5.41) is 41.4. The molecule has 0 spiro atoms. The number of nitriles is 1. The SMILES string of the molecule is N#C[C@@H]1C[C@@H]2C[C@@H]2N1C(=O)CNC(=O)c1ccnc2ccc(OCC34CC(CN5CCN(C(=O)CN6CCN(CC(=O)O)CCN(CC(=O)O)CCN(CC(=O)O)CC6)CC5)(C3)C4)cc12. The molecule has 2 aromatic rings. The van der Waals surface area contributed by atoms with Gasteiger partial charge in [-0.25, -0.2) is 0 Å². The summed E-state index contributed by atoms with van der Waals surface area (Å²) in [5.74, 6) is -2.59. The van der Waals surface area contributed by atoms with Crippen molar-refractivity contribution in [2.45, 2.75) is 44.2 Å². The number of aromatic nitrogens is 1. The first-order chi connectivity index (χ1) is 31.2. The summed E-state index contributed by atoms with van der Waals surface area (Å²) < 4.78 is 6.35. The van der Waals surface area contributed by atoms with Crippen LogP contribution in [0.3, 0.4) is 0 Å². The Morgan fingerprint density at radius 3 is 1.82 bits per heavy atom. The summed E-state index contributed by atoms with van der Waals surface area (Å²) in [7, 11) is 0. The molecule has 1 aromatic carbocycles. The number of piperazine rings is 1. The van der Waals surface area contributed by atoms with Gasteiger partial charge in [0.05, 0.1) is 56.5 Å². The largest absolute Gasteiger partial charge is 0.493 e. The molecule has 3 aliphatic heterocycles. The number of pyridine rings is 1. The Morgan fingerprint density at radius 2 is 1.26 bits per heavy atom. The van der Waals surface area contributed by atoms with Crippen LogP contribution in [0.15, 0.2) is 30.5 Å². The van der Waals surface area contributed by atoms with Gasteiger partial charge in [-0.1, -0.05) is 0 Å². The minimum Gasteiger partial charge on any atom is -0.493 e. The molecule has 9 rings (SSSR count). The summed E-state index contributed by atoms with van der Waals surface area (Å²) in [6.45, 7) is 6.33. The molecule has 0 radical (unpaired) electrons. The van der Waals surface area contributed by atoms with Crippen molar-refractivity contribution < 1.29 is 48.8 Å². The van der Waals surface area contributed by atoms with E-state index < -0.39 is 23.9 Å². The lowest BCUT2D eigenvalue weighted by molar-refractivity contribution is -0.228. The predicted octanol–water partition coefficient (Wildman–Crippen LogP) is -0.354. The summed E-state index contributed by atoms with van der Waals surface area (Å²) in [6.07, 6.45) is 6.38. The number of likely N-dealkylation sites (tertiary alicyclic amines) is 1. The van der Waals surface area contributed by atoms with Crippen molar-refractivity contribution in [2.75, 3.05) is 124 Å². The third-order valence-corrected chi connectivity index (χ3v) is 14.3. The molecule has 4 aliphatic carbocycles. The standard InChI is InChI=1S/C45H60N10O10/c46-20-32-17-31-18-37(31)55(32)38(56)21-48-43(64)34-3-4-47-36-2-1-33(19-35(34)36)65-30-45-26-44(27-45,28-45)29-53-13-15-54(16-14-53)39(57)22-49-5-7-50(23-40(58)59)9-11-52(25-42(62)63)12-10-51(8-6-49)24-41(60)61/h1-4,19,31-32,37H,5-18,21-30H2,(H,48,64)(H,58,59)(H,60,61)(H,62,63)/t31-,32+,37+,44?,45?/m1/s1. The minimum absolute atomic E-state index is 0.0174. The highest BCUT2D eigenvalue weighted by atomic mass is 16.5. The van der Waals surface area contributed by atoms with Crippen LogP contribution in [0.25, 0.3) is 10.9 Å². The number of carbonyl (C=O) groups excluding carboxylic acids is 3. The second-order valence-corrected chi connectivity index (χ2v) is 19.2. The Hall–Kier alpha value is -5.46. The van der Waals surface area contributed by atoms with Gasteiger partial charge in [0.25, 0.3) is 5.91 Å². The van der Waals surface area contributed by atoms with E-state index in [1.165, 1.54) is 0 Å². The van der Waals surface area contributed by atoms with E-state index in [9.17, 15) is 49.3 Å². The highest BCUT2D eigenvalue weighted by Crippen LogP contribution is 2.73. The molecule has 3 atom stereocenters. The number of fused-ring (bicyclic) bond motifs is 2. The van der Waals surface area contributed by atoms with Gasteiger partial charge in [-0.05, 0) is 67.7 Å². The van der Waals surface area contributed by atoms with E-state index in [0.717, 1.165) is 45.3 Å². The lowest BCUT2D eigenvalue weighted by Gasteiger charge is -2.71. The van der Waals surface area contributed by atoms with Crippen LogP contribution in [-0.4, -0.2) is 227 Å². The number of nitrogens with zero attached hydrogens (tertiary/aromatic N) is 9. The van der Waals surface area contributed by atoms with Gasteiger partial charge in [-0.15, -0.1) is 0 Å². The van der Waals surface area contributed by atoms with Gasteiger partial charge in [0.2, 0.25) is 11.8 Å². The fraction of sp³-hybridized carbons (Fsp3) is 0.644.